The van der Waals surface area contributed by atoms with Crippen LogP contribution < -0.4 is 5.32 Å². The molecule has 1 unspecified atom stereocenters. The van der Waals surface area contributed by atoms with Gasteiger partial charge in [-0.2, -0.15) is 0 Å². The third-order valence-electron chi connectivity index (χ3n) is 4.91. The zero-order valence-electron chi connectivity index (χ0n) is 11.7. The van der Waals surface area contributed by atoms with Gasteiger partial charge in [-0.1, -0.05) is 6.42 Å². The molecule has 0 amide bonds. The van der Waals surface area contributed by atoms with Gasteiger partial charge in [-0.15, -0.1) is 0 Å². The minimum Gasteiger partial charge on any atom is -0.314 e. The molecule has 1 aliphatic carbocycles. The van der Waals surface area contributed by atoms with Crippen molar-refractivity contribution in [3.63, 3.8) is 0 Å². The van der Waals surface area contributed by atoms with Crippen molar-refractivity contribution in [1.82, 2.24) is 15.1 Å². The highest BCUT2D eigenvalue weighted by molar-refractivity contribution is 4.87. The zero-order valence-corrected chi connectivity index (χ0v) is 11.7. The van der Waals surface area contributed by atoms with Crippen LogP contribution >= 0.6 is 0 Å². The van der Waals surface area contributed by atoms with Crippen molar-refractivity contribution >= 4 is 0 Å². The number of piperazine rings is 1. The third kappa shape index (κ3) is 3.69. The molecule has 2 saturated heterocycles. The van der Waals surface area contributed by atoms with Crippen molar-refractivity contribution in [1.29, 1.82) is 0 Å². The molecule has 1 N–H and O–H groups in total. The molecule has 0 aromatic rings. The smallest absolute Gasteiger partial charge is 0.0113 e. The largest absolute Gasteiger partial charge is 0.314 e. The second kappa shape index (κ2) is 6.36. The zero-order chi connectivity index (χ0) is 12.2. The Hall–Kier alpha value is -0.120. The van der Waals surface area contributed by atoms with Crippen LogP contribution in [-0.4, -0.2) is 61.2 Å². The van der Waals surface area contributed by atoms with E-state index in [-0.39, 0.29) is 0 Å². The molecule has 3 fully saturated rings. The predicted octanol–water partition coefficient (Wildman–Crippen LogP) is 1.69. The number of hydrogen-bond acceptors (Lipinski definition) is 3. The summed E-state index contributed by atoms with van der Waals surface area (Å²) in [6, 6.07) is 1.80. The lowest BCUT2D eigenvalue weighted by Gasteiger charge is -2.35. The molecule has 2 aliphatic heterocycles. The highest BCUT2D eigenvalue weighted by Crippen LogP contribution is 2.27. The molecule has 104 valence electrons. The van der Waals surface area contributed by atoms with Crippen LogP contribution in [0.2, 0.25) is 0 Å². The van der Waals surface area contributed by atoms with Gasteiger partial charge in [0.15, 0.2) is 0 Å². The molecule has 0 aromatic carbocycles. The van der Waals surface area contributed by atoms with Gasteiger partial charge >= 0.3 is 0 Å². The first kappa shape index (κ1) is 12.9. The van der Waals surface area contributed by atoms with E-state index in [0.29, 0.717) is 0 Å². The molecule has 1 atom stereocenters. The van der Waals surface area contributed by atoms with E-state index in [1.54, 1.807) is 0 Å². The average Bonchev–Trinajstić information content (AvgIpc) is 3.25. The van der Waals surface area contributed by atoms with Gasteiger partial charge in [0.05, 0.1) is 0 Å². The Morgan fingerprint density at radius 1 is 0.944 bits per heavy atom. The molecule has 2 heterocycles. The highest BCUT2D eigenvalue weighted by atomic mass is 15.3. The molecule has 3 heteroatoms. The van der Waals surface area contributed by atoms with Crippen molar-refractivity contribution in [2.75, 3.05) is 39.3 Å². The summed E-state index contributed by atoms with van der Waals surface area (Å²) < 4.78 is 0. The van der Waals surface area contributed by atoms with Gasteiger partial charge in [0.25, 0.3) is 0 Å². The maximum atomic E-state index is 3.66. The summed E-state index contributed by atoms with van der Waals surface area (Å²) in [5, 5.41) is 3.66. The Labute approximate surface area is 112 Å². The Balaban J connectivity index is 1.27. The number of rotatable bonds is 5. The maximum absolute atomic E-state index is 3.66. The fourth-order valence-corrected chi connectivity index (χ4v) is 3.52. The van der Waals surface area contributed by atoms with E-state index in [1.165, 1.54) is 84.2 Å². The fourth-order valence-electron chi connectivity index (χ4n) is 3.52. The molecular formula is C15H29N3. The standard InChI is InChI=1S/C15H29N3/c1-2-8-16-14(4-1)5-3-9-17-10-12-18(13-11-17)15-6-7-15/h14-16H,1-13H2. The number of nitrogens with zero attached hydrogens (tertiary/aromatic N) is 2. The molecular weight excluding hydrogens is 222 g/mol. The summed E-state index contributed by atoms with van der Waals surface area (Å²) in [6.45, 7) is 7.86. The summed E-state index contributed by atoms with van der Waals surface area (Å²) >= 11 is 0. The van der Waals surface area contributed by atoms with E-state index in [4.69, 9.17) is 0 Å². The maximum Gasteiger partial charge on any atom is 0.0113 e. The average molecular weight is 251 g/mol. The quantitative estimate of drug-likeness (QED) is 0.802. The molecule has 0 radical (unpaired) electrons. The molecule has 1 saturated carbocycles. The van der Waals surface area contributed by atoms with Crippen LogP contribution in [0.4, 0.5) is 0 Å². The van der Waals surface area contributed by atoms with Crippen LogP contribution in [0.1, 0.15) is 44.9 Å². The van der Waals surface area contributed by atoms with E-state index in [9.17, 15) is 0 Å². The van der Waals surface area contributed by atoms with E-state index in [2.05, 4.69) is 15.1 Å². The number of piperidine rings is 1. The first-order valence-electron chi connectivity index (χ1n) is 8.11. The normalized spacial score (nSPS) is 31.7. The molecule has 0 aromatic heterocycles. The van der Waals surface area contributed by atoms with Gasteiger partial charge in [0.1, 0.15) is 0 Å². The van der Waals surface area contributed by atoms with Crippen molar-refractivity contribution in [2.24, 2.45) is 0 Å². The van der Waals surface area contributed by atoms with Gasteiger partial charge in [-0.25, -0.2) is 0 Å². The molecule has 3 aliphatic rings. The second-order valence-corrected chi connectivity index (χ2v) is 6.40. The molecule has 3 rings (SSSR count). The van der Waals surface area contributed by atoms with Crippen LogP contribution in [0.5, 0.6) is 0 Å². The SMILES string of the molecule is C1CCC(CCCN2CCN(C3CC3)CC2)NC1. The van der Waals surface area contributed by atoms with Crippen molar-refractivity contribution in [3.8, 4) is 0 Å². The van der Waals surface area contributed by atoms with Crippen molar-refractivity contribution < 1.29 is 0 Å². The van der Waals surface area contributed by atoms with Crippen LogP contribution in [-0.2, 0) is 0 Å². The lowest BCUT2D eigenvalue weighted by atomic mass is 10.0. The number of nitrogens with one attached hydrogen (secondary N) is 1. The first-order chi connectivity index (χ1) is 8.92. The molecule has 0 bridgehead atoms. The van der Waals surface area contributed by atoms with E-state index in [1.807, 2.05) is 0 Å². The molecule has 0 spiro atoms. The van der Waals surface area contributed by atoms with Gasteiger partial charge in [0, 0.05) is 38.3 Å². The monoisotopic (exact) mass is 251 g/mol. The minimum atomic E-state index is 0.825. The number of hydrogen-bond donors (Lipinski definition) is 1. The predicted molar refractivity (Wildman–Crippen MR) is 75.9 cm³/mol. The Morgan fingerprint density at radius 3 is 2.44 bits per heavy atom. The highest BCUT2D eigenvalue weighted by Gasteiger charge is 2.30. The van der Waals surface area contributed by atoms with Crippen molar-refractivity contribution in [3.05, 3.63) is 0 Å². The summed E-state index contributed by atoms with van der Waals surface area (Å²) in [5.41, 5.74) is 0. The van der Waals surface area contributed by atoms with Crippen LogP contribution in [0, 0.1) is 0 Å². The fraction of sp³-hybridized carbons (Fsp3) is 1.00. The minimum absolute atomic E-state index is 0.825. The summed E-state index contributed by atoms with van der Waals surface area (Å²) in [4.78, 5) is 5.39. The van der Waals surface area contributed by atoms with Crippen molar-refractivity contribution in [2.45, 2.75) is 57.0 Å². The summed E-state index contributed by atoms with van der Waals surface area (Å²) in [7, 11) is 0. The molecule has 3 nitrogen and oxygen atoms in total. The van der Waals surface area contributed by atoms with E-state index in [0.717, 1.165) is 12.1 Å². The summed E-state index contributed by atoms with van der Waals surface area (Å²) in [6.07, 6.45) is 9.96. The Morgan fingerprint density at radius 2 is 1.78 bits per heavy atom. The lowest BCUT2D eigenvalue weighted by molar-refractivity contribution is 0.124. The van der Waals surface area contributed by atoms with E-state index < -0.39 is 0 Å². The first-order valence-corrected chi connectivity index (χ1v) is 8.11. The van der Waals surface area contributed by atoms with Crippen LogP contribution in [0.25, 0.3) is 0 Å². The Bertz CT molecular complexity index is 238. The van der Waals surface area contributed by atoms with Crippen LogP contribution in [0.3, 0.4) is 0 Å². The van der Waals surface area contributed by atoms with Gasteiger partial charge in [-0.3, -0.25) is 4.90 Å². The topological polar surface area (TPSA) is 18.5 Å². The lowest BCUT2D eigenvalue weighted by Crippen LogP contribution is -2.47. The molecule has 18 heavy (non-hydrogen) atoms. The summed E-state index contributed by atoms with van der Waals surface area (Å²) in [5.74, 6) is 0. The van der Waals surface area contributed by atoms with Crippen LogP contribution in [0.15, 0.2) is 0 Å². The Kier molecular flexibility index (Phi) is 4.55. The third-order valence-corrected chi connectivity index (χ3v) is 4.91. The van der Waals surface area contributed by atoms with Gasteiger partial charge in [-0.05, 0) is 51.6 Å². The second-order valence-electron chi connectivity index (χ2n) is 6.40. The van der Waals surface area contributed by atoms with E-state index >= 15 is 0 Å². The van der Waals surface area contributed by atoms with Gasteiger partial charge in [0.2, 0.25) is 0 Å². The van der Waals surface area contributed by atoms with Gasteiger partial charge < -0.3 is 10.2 Å².